The van der Waals surface area contributed by atoms with Crippen LogP contribution in [0.2, 0.25) is 0 Å². The number of rotatable bonds is 8. The number of anilines is 1. The van der Waals surface area contributed by atoms with Gasteiger partial charge < -0.3 is 10.1 Å². The molecule has 0 bridgehead atoms. The minimum absolute atomic E-state index is 0.112. The zero-order chi connectivity index (χ0) is 15.2. The smallest absolute Gasteiger partial charge is 0.291 e. The van der Waals surface area contributed by atoms with Crippen LogP contribution in [0.5, 0.6) is 0 Å². The van der Waals surface area contributed by atoms with Crippen LogP contribution < -0.4 is 10.9 Å². The summed E-state index contributed by atoms with van der Waals surface area (Å²) in [7, 11) is 0. The van der Waals surface area contributed by atoms with E-state index in [0.29, 0.717) is 22.6 Å². The molecule has 0 saturated heterocycles. The molecule has 21 heavy (non-hydrogen) atoms. The minimum atomic E-state index is -2.47. The van der Waals surface area contributed by atoms with Crippen LogP contribution in [0, 0.1) is 5.92 Å². The second-order valence-corrected chi connectivity index (χ2v) is 5.90. The summed E-state index contributed by atoms with van der Waals surface area (Å²) in [5, 5.41) is 7.03. The van der Waals surface area contributed by atoms with Gasteiger partial charge >= 0.3 is 0 Å². The highest BCUT2D eigenvalue weighted by atomic mass is 79.9. The van der Waals surface area contributed by atoms with Crippen molar-refractivity contribution in [2.75, 3.05) is 25.1 Å². The molecule has 0 radical (unpaired) electrons. The molecule has 0 amide bonds. The summed E-state index contributed by atoms with van der Waals surface area (Å²) in [6.07, 6.45) is 2.57. The van der Waals surface area contributed by atoms with E-state index in [9.17, 15) is 13.6 Å². The van der Waals surface area contributed by atoms with E-state index in [2.05, 4.69) is 26.3 Å². The van der Waals surface area contributed by atoms with Gasteiger partial charge in [-0.05, 0) is 34.7 Å². The second-order valence-electron chi connectivity index (χ2n) is 5.04. The van der Waals surface area contributed by atoms with Gasteiger partial charge in [-0.1, -0.05) is 6.42 Å². The number of ether oxygens (including phenoxy) is 1. The second kappa shape index (κ2) is 7.84. The molecular weight excluding hydrogens is 348 g/mol. The summed E-state index contributed by atoms with van der Waals surface area (Å²) < 4.78 is 30.6. The lowest BCUT2D eigenvalue weighted by Gasteiger charge is -2.25. The van der Waals surface area contributed by atoms with Gasteiger partial charge in [0.25, 0.3) is 12.0 Å². The van der Waals surface area contributed by atoms with Gasteiger partial charge in [0.1, 0.15) is 12.3 Å². The average Bonchev–Trinajstić information content (AvgIpc) is 2.38. The molecule has 1 aromatic rings. The topological polar surface area (TPSA) is 56.1 Å². The predicted molar refractivity (Wildman–Crippen MR) is 78.9 cm³/mol. The van der Waals surface area contributed by atoms with E-state index in [4.69, 9.17) is 4.74 Å². The molecule has 8 heteroatoms. The van der Waals surface area contributed by atoms with E-state index in [1.54, 1.807) is 6.20 Å². The van der Waals surface area contributed by atoms with E-state index >= 15 is 0 Å². The Kier molecular flexibility index (Phi) is 6.10. The largest absolute Gasteiger partial charge is 0.377 e. The lowest BCUT2D eigenvalue weighted by atomic mass is 9.85. The molecule has 0 aromatic carbocycles. The number of nitrogens with one attached hydrogen (secondary N) is 1. The van der Waals surface area contributed by atoms with E-state index in [0.717, 1.165) is 12.8 Å². The Morgan fingerprint density at radius 3 is 2.90 bits per heavy atom. The first kappa shape index (κ1) is 16.4. The molecule has 1 aliphatic carbocycles. The Morgan fingerprint density at radius 1 is 1.52 bits per heavy atom. The number of halogens is 3. The summed E-state index contributed by atoms with van der Waals surface area (Å²) in [6, 6.07) is 0. The van der Waals surface area contributed by atoms with E-state index in [1.807, 2.05) is 0 Å². The highest BCUT2D eigenvalue weighted by Gasteiger charge is 2.20. The van der Waals surface area contributed by atoms with Gasteiger partial charge in [0.05, 0.1) is 17.3 Å². The third-order valence-corrected chi connectivity index (χ3v) is 4.05. The highest BCUT2D eigenvalue weighted by molar-refractivity contribution is 9.10. The number of alkyl halides is 2. The lowest BCUT2D eigenvalue weighted by Crippen LogP contribution is -2.31. The fourth-order valence-corrected chi connectivity index (χ4v) is 2.50. The molecule has 1 fully saturated rings. The molecule has 2 rings (SSSR count). The Hall–Kier alpha value is -1.02. The SMILES string of the molecule is O=c1c(NCCOCC(F)F)c(Br)cnn1CC1CCC1. The van der Waals surface area contributed by atoms with Crippen LogP contribution in [0.3, 0.4) is 0 Å². The van der Waals surface area contributed by atoms with Crippen molar-refractivity contribution < 1.29 is 13.5 Å². The zero-order valence-electron chi connectivity index (χ0n) is 11.5. The van der Waals surface area contributed by atoms with Gasteiger partial charge in [0.2, 0.25) is 0 Å². The molecule has 0 unspecified atom stereocenters. The molecule has 1 aromatic heterocycles. The molecular formula is C13H18BrF2N3O2. The first-order valence-corrected chi connectivity index (χ1v) is 7.72. The first-order chi connectivity index (χ1) is 10.1. The van der Waals surface area contributed by atoms with Crippen LogP contribution in [0.1, 0.15) is 19.3 Å². The van der Waals surface area contributed by atoms with Crippen LogP contribution in [-0.4, -0.2) is 36.0 Å². The number of hydrogen-bond acceptors (Lipinski definition) is 4. The van der Waals surface area contributed by atoms with Crippen LogP contribution in [-0.2, 0) is 11.3 Å². The Bertz CT molecular complexity index is 521. The van der Waals surface area contributed by atoms with Gasteiger partial charge in [0.15, 0.2) is 0 Å². The summed E-state index contributed by atoms with van der Waals surface area (Å²) in [5.41, 5.74) is 0.190. The maximum Gasteiger partial charge on any atom is 0.291 e. The van der Waals surface area contributed by atoms with Gasteiger partial charge in [-0.15, -0.1) is 0 Å². The molecule has 1 saturated carbocycles. The molecule has 1 N–H and O–H groups in total. The predicted octanol–water partition coefficient (Wildman–Crippen LogP) is 2.50. The van der Waals surface area contributed by atoms with Gasteiger partial charge in [-0.25, -0.2) is 13.5 Å². The summed E-state index contributed by atoms with van der Waals surface area (Å²) in [6.45, 7) is 0.433. The number of aromatic nitrogens is 2. The van der Waals surface area contributed by atoms with Crippen molar-refractivity contribution in [3.8, 4) is 0 Å². The van der Waals surface area contributed by atoms with Gasteiger partial charge in [-0.2, -0.15) is 5.10 Å². The van der Waals surface area contributed by atoms with Crippen molar-refractivity contribution in [1.82, 2.24) is 9.78 Å². The fourth-order valence-electron chi connectivity index (χ4n) is 2.10. The van der Waals surface area contributed by atoms with Crippen molar-refractivity contribution in [3.05, 3.63) is 21.0 Å². The molecule has 1 aliphatic rings. The van der Waals surface area contributed by atoms with Gasteiger partial charge in [-0.3, -0.25) is 4.79 Å². The van der Waals surface area contributed by atoms with Crippen LogP contribution in [0.4, 0.5) is 14.5 Å². The molecule has 0 aliphatic heterocycles. The molecule has 0 spiro atoms. The van der Waals surface area contributed by atoms with E-state index in [1.165, 1.54) is 11.1 Å². The van der Waals surface area contributed by atoms with E-state index in [-0.39, 0.29) is 18.7 Å². The summed E-state index contributed by atoms with van der Waals surface area (Å²) in [5.74, 6) is 0.526. The first-order valence-electron chi connectivity index (χ1n) is 6.93. The molecule has 5 nitrogen and oxygen atoms in total. The highest BCUT2D eigenvalue weighted by Crippen LogP contribution is 2.27. The van der Waals surface area contributed by atoms with Crippen molar-refractivity contribution in [1.29, 1.82) is 0 Å². The normalized spacial score (nSPS) is 15.2. The quantitative estimate of drug-likeness (QED) is 0.719. The Labute approximate surface area is 129 Å². The minimum Gasteiger partial charge on any atom is -0.377 e. The third kappa shape index (κ3) is 4.74. The molecule has 0 atom stereocenters. The summed E-state index contributed by atoms with van der Waals surface area (Å²) in [4.78, 5) is 12.3. The maximum atomic E-state index is 12.3. The molecule has 1 heterocycles. The fraction of sp³-hybridized carbons (Fsp3) is 0.692. The van der Waals surface area contributed by atoms with E-state index < -0.39 is 13.0 Å². The Balaban J connectivity index is 1.91. The Morgan fingerprint density at radius 2 is 2.29 bits per heavy atom. The zero-order valence-corrected chi connectivity index (χ0v) is 13.1. The van der Waals surface area contributed by atoms with Crippen molar-refractivity contribution >= 4 is 21.6 Å². The lowest BCUT2D eigenvalue weighted by molar-refractivity contribution is 0.0215. The third-order valence-electron chi connectivity index (χ3n) is 3.45. The van der Waals surface area contributed by atoms with Crippen LogP contribution in [0.25, 0.3) is 0 Å². The molecule has 118 valence electrons. The van der Waals surface area contributed by atoms with Gasteiger partial charge in [0, 0.05) is 13.1 Å². The van der Waals surface area contributed by atoms with Crippen molar-refractivity contribution in [3.63, 3.8) is 0 Å². The summed E-state index contributed by atoms with van der Waals surface area (Å²) >= 11 is 3.27. The van der Waals surface area contributed by atoms with Crippen LogP contribution >= 0.6 is 15.9 Å². The maximum absolute atomic E-state index is 12.3. The average molecular weight is 366 g/mol. The number of nitrogens with zero attached hydrogens (tertiary/aromatic N) is 2. The number of hydrogen-bond donors (Lipinski definition) is 1. The van der Waals surface area contributed by atoms with Crippen molar-refractivity contribution in [2.45, 2.75) is 32.2 Å². The van der Waals surface area contributed by atoms with Crippen molar-refractivity contribution in [2.24, 2.45) is 5.92 Å². The standard InChI is InChI=1S/C13H18BrF2N3O2/c14-10-6-18-19(7-9-2-1-3-9)13(20)12(10)17-4-5-21-8-11(15)16/h6,9,11,17H,1-5,7-8H2. The monoisotopic (exact) mass is 365 g/mol. The van der Waals surface area contributed by atoms with Crippen LogP contribution in [0.15, 0.2) is 15.5 Å².